The van der Waals surface area contributed by atoms with Gasteiger partial charge in [-0.2, -0.15) is 0 Å². The fourth-order valence-corrected chi connectivity index (χ4v) is 3.96. The first-order chi connectivity index (χ1) is 16.1. The molecule has 34 heavy (non-hydrogen) atoms. The Balaban J connectivity index is 1.40. The van der Waals surface area contributed by atoms with Gasteiger partial charge in [0.05, 0.1) is 6.61 Å². The molecule has 6 nitrogen and oxygen atoms in total. The monoisotopic (exact) mass is 470 g/mol. The molecule has 0 unspecified atom stereocenters. The third-order valence-electron chi connectivity index (χ3n) is 6.28. The van der Waals surface area contributed by atoms with Crippen LogP contribution in [0.25, 0.3) is 0 Å². The second kappa shape index (κ2) is 11.7. The minimum absolute atomic E-state index is 0.179. The van der Waals surface area contributed by atoms with Gasteiger partial charge in [0.2, 0.25) is 0 Å². The van der Waals surface area contributed by atoms with E-state index in [1.54, 1.807) is 37.4 Å². The van der Waals surface area contributed by atoms with Crippen LogP contribution in [0.4, 0.5) is 15.8 Å². The van der Waals surface area contributed by atoms with Crippen molar-refractivity contribution < 1.29 is 13.9 Å². The Bertz CT molecular complexity index is 935. The first-order valence-electron chi connectivity index (χ1n) is 12.1. The average molecular weight is 471 g/mol. The van der Waals surface area contributed by atoms with E-state index in [1.165, 1.54) is 23.5 Å². The van der Waals surface area contributed by atoms with Crippen LogP contribution in [0.3, 0.4) is 0 Å². The van der Waals surface area contributed by atoms with E-state index in [9.17, 15) is 9.18 Å². The fourth-order valence-electron chi connectivity index (χ4n) is 3.96. The van der Waals surface area contributed by atoms with Gasteiger partial charge in [-0.05, 0) is 67.3 Å². The Labute approximate surface area is 203 Å². The molecule has 186 valence electrons. The molecule has 1 aliphatic rings. The maximum absolute atomic E-state index is 14.6. The highest BCUT2D eigenvalue weighted by Gasteiger charge is 2.19. The second-order valence-corrected chi connectivity index (χ2v) is 10.3. The fraction of sp³-hybridized carbons (Fsp3) is 0.519. The van der Waals surface area contributed by atoms with Crippen molar-refractivity contribution in [2.45, 2.75) is 33.6 Å². The number of nitrogens with zero attached hydrogens (tertiary/aromatic N) is 3. The molecule has 2 N–H and O–H groups in total. The summed E-state index contributed by atoms with van der Waals surface area (Å²) in [5, 5.41) is 0. The van der Waals surface area contributed by atoms with Crippen molar-refractivity contribution in [3.63, 3.8) is 0 Å². The van der Waals surface area contributed by atoms with Crippen molar-refractivity contribution in [3.05, 3.63) is 53.8 Å². The number of hydrogen-bond acceptors (Lipinski definition) is 5. The largest absolute Gasteiger partial charge is 0.490 e. The molecule has 1 amide bonds. The maximum atomic E-state index is 14.6. The van der Waals surface area contributed by atoms with Gasteiger partial charge in [0.25, 0.3) is 5.91 Å². The zero-order valence-electron chi connectivity index (χ0n) is 21.0. The summed E-state index contributed by atoms with van der Waals surface area (Å²) in [6.07, 6.45) is 2.05. The van der Waals surface area contributed by atoms with Crippen LogP contribution in [-0.4, -0.2) is 68.6 Å². The summed E-state index contributed by atoms with van der Waals surface area (Å²) in [6, 6.07) is 11.3. The molecular formula is C27H39FN4O2. The smallest absolute Gasteiger partial charge is 0.258 e. The third kappa shape index (κ3) is 7.71. The highest BCUT2D eigenvalue weighted by Crippen LogP contribution is 2.22. The van der Waals surface area contributed by atoms with Crippen LogP contribution in [0.2, 0.25) is 0 Å². The predicted octanol–water partition coefficient (Wildman–Crippen LogP) is 4.51. The van der Waals surface area contributed by atoms with Crippen LogP contribution in [0, 0.1) is 11.2 Å². The zero-order chi connectivity index (χ0) is 24.7. The maximum Gasteiger partial charge on any atom is 0.258 e. The molecular weight excluding hydrogens is 431 g/mol. The van der Waals surface area contributed by atoms with Crippen LogP contribution < -0.4 is 15.4 Å². The number of benzene rings is 2. The van der Waals surface area contributed by atoms with Crippen molar-refractivity contribution in [3.8, 4) is 5.75 Å². The minimum Gasteiger partial charge on any atom is -0.490 e. The molecule has 0 spiro atoms. The average Bonchev–Trinajstić information content (AvgIpc) is 2.81. The molecule has 0 saturated carbocycles. The van der Waals surface area contributed by atoms with E-state index in [0.717, 1.165) is 45.7 Å². The summed E-state index contributed by atoms with van der Waals surface area (Å²) < 4.78 is 20.2. The molecule has 1 fully saturated rings. The Morgan fingerprint density at radius 3 is 2.24 bits per heavy atom. The van der Waals surface area contributed by atoms with Gasteiger partial charge < -0.3 is 25.2 Å². The van der Waals surface area contributed by atoms with E-state index in [2.05, 4.69) is 30.6 Å². The standard InChI is InChI=1S/C27H39FN4O2/c1-27(2,3)12-14-32-17-15-31(16-18-32)13-5-19-34-25-11-6-21(20-24(25)28)26(33)30(4)23-9-7-22(29)8-10-23/h6-11,20H,5,12-19,29H2,1-4H3. The number of anilines is 2. The van der Waals surface area contributed by atoms with Gasteiger partial charge in [-0.25, -0.2) is 4.39 Å². The van der Waals surface area contributed by atoms with Crippen LogP contribution in [0.1, 0.15) is 44.0 Å². The summed E-state index contributed by atoms with van der Waals surface area (Å²) in [5.41, 5.74) is 7.66. The van der Waals surface area contributed by atoms with Crippen LogP contribution in [0.5, 0.6) is 5.75 Å². The molecule has 1 aliphatic heterocycles. The first kappa shape index (κ1) is 26.0. The van der Waals surface area contributed by atoms with Gasteiger partial charge in [0, 0.05) is 56.7 Å². The molecule has 0 bridgehead atoms. The van der Waals surface area contributed by atoms with Gasteiger partial charge >= 0.3 is 0 Å². The lowest BCUT2D eigenvalue weighted by Crippen LogP contribution is -2.47. The summed E-state index contributed by atoms with van der Waals surface area (Å²) in [4.78, 5) is 19.2. The normalized spacial score (nSPS) is 15.3. The molecule has 0 aliphatic carbocycles. The van der Waals surface area contributed by atoms with Crippen molar-refractivity contribution in [2.75, 3.05) is 63.6 Å². The Kier molecular flexibility index (Phi) is 8.91. The number of rotatable bonds is 9. The lowest BCUT2D eigenvalue weighted by Gasteiger charge is -2.35. The molecule has 1 saturated heterocycles. The number of carbonyl (C=O) groups is 1. The Hall–Kier alpha value is -2.64. The Morgan fingerprint density at radius 2 is 1.65 bits per heavy atom. The van der Waals surface area contributed by atoms with Gasteiger partial charge in [0.1, 0.15) is 0 Å². The summed E-state index contributed by atoms with van der Waals surface area (Å²) in [5.74, 6) is -0.639. The van der Waals surface area contributed by atoms with Crippen molar-refractivity contribution in [1.82, 2.24) is 9.80 Å². The van der Waals surface area contributed by atoms with Crippen LogP contribution >= 0.6 is 0 Å². The van der Waals surface area contributed by atoms with E-state index in [1.807, 2.05) is 0 Å². The quantitative estimate of drug-likeness (QED) is 0.432. The lowest BCUT2D eigenvalue weighted by atomic mass is 9.92. The summed E-state index contributed by atoms with van der Waals surface area (Å²) in [7, 11) is 1.65. The summed E-state index contributed by atoms with van der Waals surface area (Å²) in [6.45, 7) is 13.8. The number of nitrogens with two attached hydrogens (primary N) is 1. The molecule has 0 radical (unpaired) electrons. The van der Waals surface area contributed by atoms with E-state index in [-0.39, 0.29) is 17.2 Å². The first-order valence-corrected chi connectivity index (χ1v) is 12.1. The molecule has 0 aromatic heterocycles. The SMILES string of the molecule is CN(C(=O)c1ccc(OCCCN2CCN(CCC(C)(C)C)CC2)c(F)c1)c1ccc(N)cc1. The van der Waals surface area contributed by atoms with Gasteiger partial charge in [-0.15, -0.1) is 0 Å². The van der Waals surface area contributed by atoms with Gasteiger partial charge in [-0.1, -0.05) is 20.8 Å². The second-order valence-electron chi connectivity index (χ2n) is 10.3. The number of piperazine rings is 1. The molecule has 2 aromatic carbocycles. The molecule has 3 rings (SSSR count). The van der Waals surface area contributed by atoms with Crippen molar-refractivity contribution in [1.29, 1.82) is 0 Å². The van der Waals surface area contributed by atoms with Crippen LogP contribution in [0.15, 0.2) is 42.5 Å². The lowest BCUT2D eigenvalue weighted by molar-refractivity contribution is 0.0992. The topological polar surface area (TPSA) is 62.0 Å². The number of nitrogen functional groups attached to an aromatic ring is 1. The number of amides is 1. The highest BCUT2D eigenvalue weighted by atomic mass is 19.1. The van der Waals surface area contributed by atoms with Crippen LogP contribution in [-0.2, 0) is 0 Å². The number of halogens is 1. The van der Waals surface area contributed by atoms with Crippen molar-refractivity contribution in [2.24, 2.45) is 5.41 Å². The van der Waals surface area contributed by atoms with E-state index < -0.39 is 5.82 Å². The van der Waals surface area contributed by atoms with E-state index in [0.29, 0.717) is 23.4 Å². The molecule has 0 atom stereocenters. The van der Waals surface area contributed by atoms with Gasteiger partial charge in [-0.3, -0.25) is 4.79 Å². The minimum atomic E-state index is -0.524. The Morgan fingerprint density at radius 1 is 1.03 bits per heavy atom. The number of carbonyl (C=O) groups excluding carboxylic acids is 1. The molecule has 1 heterocycles. The van der Waals surface area contributed by atoms with E-state index in [4.69, 9.17) is 10.5 Å². The van der Waals surface area contributed by atoms with Gasteiger partial charge in [0.15, 0.2) is 11.6 Å². The summed E-state index contributed by atoms with van der Waals surface area (Å²) >= 11 is 0. The predicted molar refractivity (Wildman–Crippen MR) is 137 cm³/mol. The van der Waals surface area contributed by atoms with E-state index >= 15 is 0 Å². The van der Waals surface area contributed by atoms with Crippen molar-refractivity contribution >= 4 is 17.3 Å². The molecule has 7 heteroatoms. The number of ether oxygens (including phenoxy) is 1. The third-order valence-corrected chi connectivity index (χ3v) is 6.28. The highest BCUT2D eigenvalue weighted by molar-refractivity contribution is 6.05. The zero-order valence-corrected chi connectivity index (χ0v) is 21.0. The number of hydrogen-bond donors (Lipinski definition) is 1. The molecule has 2 aromatic rings.